The van der Waals surface area contributed by atoms with Crippen LogP contribution in [-0.4, -0.2) is 6.61 Å². The molecule has 21 heavy (non-hydrogen) atoms. The summed E-state index contributed by atoms with van der Waals surface area (Å²) in [6.07, 6.45) is 2.19. The predicted molar refractivity (Wildman–Crippen MR) is 85.3 cm³/mol. The van der Waals surface area contributed by atoms with Gasteiger partial charge in [-0.1, -0.05) is 49.7 Å². The first-order chi connectivity index (χ1) is 10.3. The van der Waals surface area contributed by atoms with Crippen molar-refractivity contribution in [3.63, 3.8) is 0 Å². The van der Waals surface area contributed by atoms with Crippen LogP contribution < -0.4 is 10.1 Å². The summed E-state index contributed by atoms with van der Waals surface area (Å²) in [6, 6.07) is 18.2. The average molecular weight is 280 g/mol. The van der Waals surface area contributed by atoms with Gasteiger partial charge >= 0.3 is 0 Å². The molecule has 0 unspecified atom stereocenters. The van der Waals surface area contributed by atoms with Crippen molar-refractivity contribution in [2.75, 3.05) is 11.9 Å². The molecule has 0 aliphatic heterocycles. The van der Waals surface area contributed by atoms with Gasteiger partial charge in [-0.25, -0.2) is 0 Å². The van der Waals surface area contributed by atoms with Gasteiger partial charge in [-0.3, -0.25) is 0 Å². The number of ether oxygens (including phenoxy) is 1. The SMILES string of the molecule is CCCc1ccccc1NCc1ccccc1OCC#N. The zero-order chi connectivity index (χ0) is 14.9. The van der Waals surface area contributed by atoms with Gasteiger partial charge in [0.25, 0.3) is 0 Å². The fourth-order valence-corrected chi connectivity index (χ4v) is 2.27. The predicted octanol–water partition coefficient (Wildman–Crippen LogP) is 4.15. The minimum atomic E-state index is 0.0729. The number of nitrogens with one attached hydrogen (secondary N) is 1. The zero-order valence-electron chi connectivity index (χ0n) is 12.3. The second-order valence-electron chi connectivity index (χ2n) is 4.82. The lowest BCUT2D eigenvalue weighted by molar-refractivity contribution is 0.364. The highest BCUT2D eigenvalue weighted by atomic mass is 16.5. The van der Waals surface area contributed by atoms with Crippen LogP contribution in [0.1, 0.15) is 24.5 Å². The maximum atomic E-state index is 8.63. The summed E-state index contributed by atoms with van der Waals surface area (Å²) < 4.78 is 5.45. The summed E-state index contributed by atoms with van der Waals surface area (Å²) in [4.78, 5) is 0. The van der Waals surface area contributed by atoms with Crippen molar-refractivity contribution in [1.82, 2.24) is 0 Å². The van der Waals surface area contributed by atoms with E-state index in [9.17, 15) is 0 Å². The summed E-state index contributed by atoms with van der Waals surface area (Å²) in [6.45, 7) is 2.94. The van der Waals surface area contributed by atoms with E-state index in [1.54, 1.807) is 0 Å². The molecule has 108 valence electrons. The van der Waals surface area contributed by atoms with Gasteiger partial charge in [0.05, 0.1) is 0 Å². The highest BCUT2D eigenvalue weighted by Crippen LogP contribution is 2.22. The molecule has 0 heterocycles. The average Bonchev–Trinajstić information content (AvgIpc) is 2.53. The number of anilines is 1. The molecule has 2 aromatic carbocycles. The molecule has 1 N–H and O–H groups in total. The standard InChI is InChI=1S/C18H20N2O/c1-2-7-15-8-3-5-10-17(15)20-14-16-9-4-6-11-18(16)21-13-12-19/h3-6,8-11,20H,2,7,13-14H2,1H3. The number of nitriles is 1. The zero-order valence-corrected chi connectivity index (χ0v) is 12.3. The van der Waals surface area contributed by atoms with E-state index in [2.05, 4.69) is 30.4 Å². The lowest BCUT2D eigenvalue weighted by Crippen LogP contribution is -2.05. The number of benzene rings is 2. The Labute approximate surface area is 126 Å². The minimum Gasteiger partial charge on any atom is -0.478 e. The van der Waals surface area contributed by atoms with Crippen LogP contribution >= 0.6 is 0 Å². The molecule has 3 heteroatoms. The quantitative estimate of drug-likeness (QED) is 0.828. The van der Waals surface area contributed by atoms with Crippen molar-refractivity contribution in [3.05, 3.63) is 59.7 Å². The van der Waals surface area contributed by atoms with E-state index in [0.29, 0.717) is 6.54 Å². The Morgan fingerprint density at radius 1 is 1.05 bits per heavy atom. The molecule has 0 saturated carbocycles. The van der Waals surface area contributed by atoms with Crippen LogP contribution in [0.15, 0.2) is 48.5 Å². The second kappa shape index (κ2) is 7.96. The van der Waals surface area contributed by atoms with Gasteiger partial charge in [0.1, 0.15) is 11.8 Å². The van der Waals surface area contributed by atoms with Gasteiger partial charge in [-0.05, 0) is 24.1 Å². The highest BCUT2D eigenvalue weighted by molar-refractivity contribution is 5.52. The van der Waals surface area contributed by atoms with Gasteiger partial charge in [0.15, 0.2) is 6.61 Å². The monoisotopic (exact) mass is 280 g/mol. The van der Waals surface area contributed by atoms with Crippen molar-refractivity contribution in [3.8, 4) is 11.8 Å². The number of aryl methyl sites for hydroxylation is 1. The first kappa shape index (κ1) is 14.9. The van der Waals surface area contributed by atoms with E-state index >= 15 is 0 Å². The van der Waals surface area contributed by atoms with Crippen LogP contribution in [-0.2, 0) is 13.0 Å². The van der Waals surface area contributed by atoms with Gasteiger partial charge in [0, 0.05) is 17.8 Å². The normalized spacial score (nSPS) is 9.90. The molecule has 0 fully saturated rings. The van der Waals surface area contributed by atoms with Crippen LogP contribution in [0.4, 0.5) is 5.69 Å². The minimum absolute atomic E-state index is 0.0729. The fraction of sp³-hybridized carbons (Fsp3) is 0.278. The van der Waals surface area contributed by atoms with Crippen molar-refractivity contribution in [2.24, 2.45) is 0 Å². The Morgan fingerprint density at radius 3 is 2.52 bits per heavy atom. The third-order valence-electron chi connectivity index (χ3n) is 3.27. The Morgan fingerprint density at radius 2 is 1.76 bits per heavy atom. The third-order valence-corrected chi connectivity index (χ3v) is 3.27. The lowest BCUT2D eigenvalue weighted by atomic mass is 10.1. The number of nitrogens with zero attached hydrogens (tertiary/aromatic N) is 1. The van der Waals surface area contributed by atoms with Crippen LogP contribution in [0, 0.1) is 11.3 Å². The Hall–Kier alpha value is -2.47. The van der Waals surface area contributed by atoms with Gasteiger partial charge < -0.3 is 10.1 Å². The summed E-state index contributed by atoms with van der Waals surface area (Å²) >= 11 is 0. The second-order valence-corrected chi connectivity index (χ2v) is 4.82. The van der Waals surface area contributed by atoms with Crippen molar-refractivity contribution >= 4 is 5.69 Å². The molecule has 0 atom stereocenters. The maximum absolute atomic E-state index is 8.63. The van der Waals surface area contributed by atoms with Crippen LogP contribution in [0.3, 0.4) is 0 Å². The topological polar surface area (TPSA) is 45.0 Å². The molecule has 0 aliphatic carbocycles. The first-order valence-corrected chi connectivity index (χ1v) is 7.24. The van der Waals surface area contributed by atoms with E-state index < -0.39 is 0 Å². The van der Waals surface area contributed by atoms with Crippen LogP contribution in [0.5, 0.6) is 5.75 Å². The molecule has 0 spiro atoms. The third kappa shape index (κ3) is 4.25. The van der Waals surface area contributed by atoms with E-state index in [1.807, 2.05) is 36.4 Å². The smallest absolute Gasteiger partial charge is 0.174 e. The summed E-state index contributed by atoms with van der Waals surface area (Å²) in [5.41, 5.74) is 3.55. The van der Waals surface area contributed by atoms with E-state index in [0.717, 1.165) is 29.8 Å². The Bertz CT molecular complexity index is 617. The van der Waals surface area contributed by atoms with E-state index in [-0.39, 0.29) is 6.61 Å². The largest absolute Gasteiger partial charge is 0.478 e. The number of hydrogen-bond acceptors (Lipinski definition) is 3. The van der Waals surface area contributed by atoms with Gasteiger partial charge in [0.2, 0.25) is 0 Å². The molecule has 0 saturated heterocycles. The molecular formula is C18H20N2O. The van der Waals surface area contributed by atoms with E-state index in [1.165, 1.54) is 5.56 Å². The molecule has 2 rings (SSSR count). The lowest BCUT2D eigenvalue weighted by Gasteiger charge is -2.14. The molecule has 0 amide bonds. The summed E-state index contributed by atoms with van der Waals surface area (Å²) in [7, 11) is 0. The van der Waals surface area contributed by atoms with Crippen molar-refractivity contribution < 1.29 is 4.74 Å². The summed E-state index contributed by atoms with van der Waals surface area (Å²) in [5.74, 6) is 0.763. The molecule has 0 radical (unpaired) electrons. The Kier molecular flexibility index (Phi) is 5.66. The highest BCUT2D eigenvalue weighted by Gasteiger charge is 2.05. The molecule has 3 nitrogen and oxygen atoms in total. The number of para-hydroxylation sites is 2. The fourth-order valence-electron chi connectivity index (χ4n) is 2.27. The molecule has 0 bridgehead atoms. The number of hydrogen-bond donors (Lipinski definition) is 1. The molecule has 0 aliphatic rings. The first-order valence-electron chi connectivity index (χ1n) is 7.24. The van der Waals surface area contributed by atoms with E-state index in [4.69, 9.17) is 10.00 Å². The van der Waals surface area contributed by atoms with Crippen LogP contribution in [0.2, 0.25) is 0 Å². The maximum Gasteiger partial charge on any atom is 0.174 e. The molecular weight excluding hydrogens is 260 g/mol. The molecule has 2 aromatic rings. The van der Waals surface area contributed by atoms with Gasteiger partial charge in [-0.15, -0.1) is 0 Å². The number of rotatable bonds is 7. The van der Waals surface area contributed by atoms with Gasteiger partial charge in [-0.2, -0.15) is 5.26 Å². The Balaban J connectivity index is 2.08. The molecule has 0 aromatic heterocycles. The van der Waals surface area contributed by atoms with Crippen LogP contribution in [0.25, 0.3) is 0 Å². The van der Waals surface area contributed by atoms with Crippen molar-refractivity contribution in [2.45, 2.75) is 26.3 Å². The van der Waals surface area contributed by atoms with Crippen molar-refractivity contribution in [1.29, 1.82) is 5.26 Å². The summed E-state index contributed by atoms with van der Waals surface area (Å²) in [5, 5.41) is 12.1.